The molecule has 3 N–H and O–H groups in total. The third-order valence-corrected chi connectivity index (χ3v) is 5.72. The van der Waals surface area contributed by atoms with Crippen molar-refractivity contribution in [3.63, 3.8) is 0 Å². The van der Waals surface area contributed by atoms with Crippen molar-refractivity contribution in [3.8, 4) is 0 Å². The highest BCUT2D eigenvalue weighted by molar-refractivity contribution is 9.10. The van der Waals surface area contributed by atoms with Gasteiger partial charge in [0.05, 0.1) is 11.5 Å². The van der Waals surface area contributed by atoms with Crippen molar-refractivity contribution < 1.29 is 17.9 Å². The van der Waals surface area contributed by atoms with E-state index in [1.165, 1.54) is 0 Å². The zero-order chi connectivity index (χ0) is 15.7. The lowest BCUT2D eigenvalue weighted by Crippen LogP contribution is -2.45. The van der Waals surface area contributed by atoms with Gasteiger partial charge in [-0.1, -0.05) is 15.9 Å². The summed E-state index contributed by atoms with van der Waals surface area (Å²) in [6.07, 6.45) is 0.658. The molecule has 1 saturated heterocycles. The summed E-state index contributed by atoms with van der Waals surface area (Å²) in [4.78, 5) is 0.166. The molecule has 0 aromatic heterocycles. The summed E-state index contributed by atoms with van der Waals surface area (Å²) in [5.74, 6) is 0. The third-order valence-electron chi connectivity index (χ3n) is 3.74. The van der Waals surface area contributed by atoms with Gasteiger partial charge in [0.1, 0.15) is 5.60 Å². The first kappa shape index (κ1) is 16.7. The molecule has 0 aliphatic carbocycles. The molecule has 118 valence electrons. The van der Waals surface area contributed by atoms with Crippen molar-refractivity contribution in [2.75, 3.05) is 32.6 Å². The molecule has 1 atom stereocenters. The topological polar surface area (TPSA) is 90.7 Å². The first-order valence-corrected chi connectivity index (χ1v) is 8.75. The second-order valence-electron chi connectivity index (χ2n) is 5.13. The van der Waals surface area contributed by atoms with E-state index in [1.54, 1.807) is 26.2 Å². The molecule has 1 fully saturated rings. The second-order valence-corrected chi connectivity index (χ2v) is 7.78. The fourth-order valence-electron chi connectivity index (χ4n) is 2.22. The minimum Gasteiger partial charge on any atom is -0.398 e. The van der Waals surface area contributed by atoms with Gasteiger partial charge in [0, 0.05) is 36.8 Å². The van der Waals surface area contributed by atoms with Crippen molar-refractivity contribution in [3.05, 3.63) is 22.2 Å². The molecule has 0 saturated carbocycles. The summed E-state index contributed by atoms with van der Waals surface area (Å²) in [5.41, 5.74) is 6.18. The number of anilines is 1. The number of nitrogens with one attached hydrogen (secondary N) is 1. The molecular formula is C13H19BrN2O4S. The molecule has 1 heterocycles. The maximum Gasteiger partial charge on any atom is 0.241 e. The van der Waals surface area contributed by atoms with Crippen LogP contribution in [0.25, 0.3) is 0 Å². The molecule has 2 rings (SSSR count). The molecule has 0 radical (unpaired) electrons. The van der Waals surface area contributed by atoms with Gasteiger partial charge in [-0.15, -0.1) is 0 Å². The average Bonchev–Trinajstić information content (AvgIpc) is 2.90. The van der Waals surface area contributed by atoms with E-state index in [0.29, 0.717) is 35.4 Å². The smallest absolute Gasteiger partial charge is 0.241 e. The summed E-state index contributed by atoms with van der Waals surface area (Å²) in [6, 6.07) is 3.22. The molecule has 1 aliphatic rings. The van der Waals surface area contributed by atoms with Crippen molar-refractivity contribution in [1.82, 2.24) is 4.72 Å². The number of ether oxygens (including phenoxy) is 2. The Labute approximate surface area is 133 Å². The zero-order valence-corrected chi connectivity index (χ0v) is 14.4. The lowest BCUT2D eigenvalue weighted by atomic mass is 10.0. The Morgan fingerprint density at radius 1 is 1.52 bits per heavy atom. The SMILES string of the molecule is COC1(CNS(=O)(=O)c2cc(Br)cc(N)c2C)CCOC1. The van der Waals surface area contributed by atoms with Gasteiger partial charge >= 0.3 is 0 Å². The summed E-state index contributed by atoms with van der Waals surface area (Å²) in [7, 11) is -2.11. The van der Waals surface area contributed by atoms with Gasteiger partial charge in [0.15, 0.2) is 0 Å². The minimum atomic E-state index is -3.67. The Bertz CT molecular complexity index is 627. The first-order valence-electron chi connectivity index (χ1n) is 6.48. The van der Waals surface area contributed by atoms with Gasteiger partial charge in [0.25, 0.3) is 0 Å². The Kier molecular flexibility index (Phi) is 4.94. The predicted octanol–water partition coefficient (Wildman–Crippen LogP) is 1.42. The molecule has 6 nitrogen and oxygen atoms in total. The fraction of sp³-hybridized carbons (Fsp3) is 0.538. The molecule has 0 amide bonds. The van der Waals surface area contributed by atoms with Crippen LogP contribution in [-0.2, 0) is 19.5 Å². The van der Waals surface area contributed by atoms with Crippen LogP contribution in [0.4, 0.5) is 5.69 Å². The third kappa shape index (κ3) is 3.57. The maximum atomic E-state index is 12.5. The van der Waals surface area contributed by atoms with Gasteiger partial charge in [-0.25, -0.2) is 13.1 Å². The highest BCUT2D eigenvalue weighted by Crippen LogP contribution is 2.27. The van der Waals surface area contributed by atoms with Crippen LogP contribution >= 0.6 is 15.9 Å². The number of sulfonamides is 1. The molecule has 1 aromatic carbocycles. The highest BCUT2D eigenvalue weighted by atomic mass is 79.9. The number of hydrogen-bond donors (Lipinski definition) is 2. The van der Waals surface area contributed by atoms with E-state index in [-0.39, 0.29) is 11.4 Å². The van der Waals surface area contributed by atoms with Crippen LogP contribution in [0.15, 0.2) is 21.5 Å². The van der Waals surface area contributed by atoms with Crippen LogP contribution in [-0.4, -0.2) is 40.9 Å². The van der Waals surface area contributed by atoms with E-state index >= 15 is 0 Å². The zero-order valence-electron chi connectivity index (χ0n) is 12.0. The van der Waals surface area contributed by atoms with Gasteiger partial charge in [0.2, 0.25) is 10.0 Å². The fourth-order valence-corrected chi connectivity index (χ4v) is 4.26. The number of halogens is 1. The molecule has 0 bridgehead atoms. The molecule has 1 unspecified atom stereocenters. The Hall–Kier alpha value is -0.670. The second kappa shape index (κ2) is 6.21. The molecule has 0 spiro atoms. The largest absolute Gasteiger partial charge is 0.398 e. The van der Waals surface area contributed by atoms with Crippen LogP contribution in [0, 0.1) is 6.92 Å². The quantitative estimate of drug-likeness (QED) is 0.756. The highest BCUT2D eigenvalue weighted by Gasteiger charge is 2.36. The number of nitrogen functional groups attached to an aromatic ring is 1. The molecule has 8 heteroatoms. The summed E-state index contributed by atoms with van der Waals surface area (Å²) >= 11 is 3.26. The Morgan fingerprint density at radius 2 is 2.24 bits per heavy atom. The number of rotatable bonds is 5. The summed E-state index contributed by atoms with van der Waals surface area (Å²) in [6.45, 7) is 2.79. The van der Waals surface area contributed by atoms with Gasteiger partial charge in [-0.05, 0) is 24.6 Å². The van der Waals surface area contributed by atoms with Crippen molar-refractivity contribution in [1.29, 1.82) is 0 Å². The van der Waals surface area contributed by atoms with Crippen molar-refractivity contribution in [2.24, 2.45) is 0 Å². The lowest BCUT2D eigenvalue weighted by Gasteiger charge is -2.26. The van der Waals surface area contributed by atoms with E-state index in [4.69, 9.17) is 15.2 Å². The Balaban J connectivity index is 2.23. The molecular weight excluding hydrogens is 360 g/mol. The lowest BCUT2D eigenvalue weighted by molar-refractivity contribution is -0.0120. The molecule has 1 aliphatic heterocycles. The normalized spacial score (nSPS) is 22.6. The first-order chi connectivity index (χ1) is 9.80. The van der Waals surface area contributed by atoms with E-state index in [1.807, 2.05) is 0 Å². The average molecular weight is 379 g/mol. The molecule has 1 aromatic rings. The van der Waals surface area contributed by atoms with Gasteiger partial charge in [-0.2, -0.15) is 0 Å². The van der Waals surface area contributed by atoms with E-state index in [9.17, 15) is 8.42 Å². The predicted molar refractivity (Wildman–Crippen MR) is 83.7 cm³/mol. The molecule has 21 heavy (non-hydrogen) atoms. The van der Waals surface area contributed by atoms with Crippen LogP contribution in [0.1, 0.15) is 12.0 Å². The standard InChI is InChI=1S/C13H19BrN2O4S/c1-9-11(15)5-10(14)6-12(9)21(17,18)16-7-13(19-2)3-4-20-8-13/h5-6,16H,3-4,7-8,15H2,1-2H3. The van der Waals surface area contributed by atoms with Crippen LogP contribution in [0.3, 0.4) is 0 Å². The Morgan fingerprint density at radius 3 is 2.81 bits per heavy atom. The summed E-state index contributed by atoms with van der Waals surface area (Å²) < 4.78 is 38.9. The van der Waals surface area contributed by atoms with E-state index in [0.717, 1.165) is 0 Å². The summed E-state index contributed by atoms with van der Waals surface area (Å²) in [5, 5.41) is 0. The number of methoxy groups -OCH3 is 1. The van der Waals surface area contributed by atoms with Gasteiger partial charge in [-0.3, -0.25) is 0 Å². The monoisotopic (exact) mass is 378 g/mol. The van der Waals surface area contributed by atoms with Crippen LogP contribution < -0.4 is 10.5 Å². The minimum absolute atomic E-state index is 0.164. The number of nitrogens with two attached hydrogens (primary N) is 1. The van der Waals surface area contributed by atoms with Crippen molar-refractivity contribution >= 4 is 31.6 Å². The van der Waals surface area contributed by atoms with E-state index in [2.05, 4.69) is 20.7 Å². The maximum absolute atomic E-state index is 12.5. The van der Waals surface area contributed by atoms with E-state index < -0.39 is 15.6 Å². The van der Waals surface area contributed by atoms with Crippen LogP contribution in [0.5, 0.6) is 0 Å². The number of hydrogen-bond acceptors (Lipinski definition) is 5. The van der Waals surface area contributed by atoms with Crippen LogP contribution in [0.2, 0.25) is 0 Å². The van der Waals surface area contributed by atoms with Gasteiger partial charge < -0.3 is 15.2 Å². The number of benzene rings is 1. The van der Waals surface area contributed by atoms with Crippen molar-refractivity contribution in [2.45, 2.75) is 23.8 Å².